The van der Waals surface area contributed by atoms with Crippen molar-refractivity contribution in [3.63, 3.8) is 0 Å². The van der Waals surface area contributed by atoms with Crippen LogP contribution in [0.5, 0.6) is 5.75 Å². The Morgan fingerprint density at radius 1 is 1.46 bits per heavy atom. The van der Waals surface area contributed by atoms with Gasteiger partial charge in [-0.3, -0.25) is 10.1 Å². The molecule has 1 rings (SSSR count). The van der Waals surface area contributed by atoms with Gasteiger partial charge in [-0.25, -0.2) is 0 Å². The van der Waals surface area contributed by atoms with Crippen molar-refractivity contribution in [3.8, 4) is 5.75 Å². The molecule has 6 heteroatoms. The largest absolute Gasteiger partial charge is 0.489 e. The molecule has 0 saturated carbocycles. The number of anilines is 2. The van der Waals surface area contributed by atoms with Gasteiger partial charge in [0.05, 0.1) is 17.7 Å². The summed E-state index contributed by atoms with van der Waals surface area (Å²) in [5, 5.41) is 10.5. The summed E-state index contributed by atoms with van der Waals surface area (Å²) in [7, 11) is 1.30. The molecule has 1 aromatic carbocycles. The van der Waals surface area contributed by atoms with E-state index in [1.165, 1.54) is 19.2 Å². The summed E-state index contributed by atoms with van der Waals surface area (Å²) in [5.41, 5.74) is 11.1. The van der Waals surface area contributed by atoms with Crippen molar-refractivity contribution < 1.29 is 9.66 Å². The summed E-state index contributed by atoms with van der Waals surface area (Å²) in [5.74, 6) is 0.00463. The molecule has 70 valence electrons. The van der Waals surface area contributed by atoms with Gasteiger partial charge in [-0.05, 0) is 6.07 Å². The molecular formula is C7H9N3O3. The van der Waals surface area contributed by atoms with E-state index in [0.29, 0.717) is 0 Å². The SMILES string of the molecule is COc1c([N+](=O)[O-])ccc(N)c1N. The molecule has 0 heterocycles. The Kier molecular flexibility index (Phi) is 2.23. The molecule has 0 radical (unpaired) electrons. The van der Waals surface area contributed by atoms with Crippen molar-refractivity contribution in [3.05, 3.63) is 22.2 Å². The first-order valence-corrected chi connectivity index (χ1v) is 3.44. The minimum Gasteiger partial charge on any atom is -0.489 e. The van der Waals surface area contributed by atoms with Crippen LogP contribution in [0.1, 0.15) is 0 Å². The van der Waals surface area contributed by atoms with Gasteiger partial charge in [0.2, 0.25) is 5.75 Å². The van der Waals surface area contributed by atoms with Crippen LogP contribution in [0.25, 0.3) is 0 Å². The van der Waals surface area contributed by atoms with Crippen LogP contribution in [0, 0.1) is 10.1 Å². The molecule has 0 aromatic heterocycles. The normalized spacial score (nSPS) is 9.62. The van der Waals surface area contributed by atoms with E-state index in [0.717, 1.165) is 0 Å². The van der Waals surface area contributed by atoms with Crippen molar-refractivity contribution in [1.82, 2.24) is 0 Å². The first-order chi connectivity index (χ1) is 6.07. The van der Waals surface area contributed by atoms with Gasteiger partial charge in [0.25, 0.3) is 0 Å². The average Bonchev–Trinajstić information content (AvgIpc) is 2.09. The molecule has 0 bridgehead atoms. The van der Waals surface area contributed by atoms with E-state index in [1.54, 1.807) is 0 Å². The number of nitrogens with two attached hydrogens (primary N) is 2. The van der Waals surface area contributed by atoms with Crippen LogP contribution < -0.4 is 16.2 Å². The van der Waals surface area contributed by atoms with E-state index >= 15 is 0 Å². The molecule has 0 aliphatic heterocycles. The van der Waals surface area contributed by atoms with E-state index in [2.05, 4.69) is 0 Å². The van der Waals surface area contributed by atoms with Gasteiger partial charge in [0, 0.05) is 6.07 Å². The Labute approximate surface area is 74.2 Å². The van der Waals surface area contributed by atoms with Gasteiger partial charge in [-0.1, -0.05) is 0 Å². The third-order valence-corrected chi connectivity index (χ3v) is 1.61. The molecule has 13 heavy (non-hydrogen) atoms. The predicted molar refractivity (Wildman–Crippen MR) is 48.5 cm³/mol. The van der Waals surface area contributed by atoms with Gasteiger partial charge in [-0.15, -0.1) is 0 Å². The van der Waals surface area contributed by atoms with Crippen molar-refractivity contribution in [1.29, 1.82) is 0 Å². The Balaban J connectivity index is 3.38. The molecule has 0 saturated heterocycles. The highest BCUT2D eigenvalue weighted by atomic mass is 16.6. The van der Waals surface area contributed by atoms with Gasteiger partial charge in [-0.2, -0.15) is 0 Å². The first-order valence-electron chi connectivity index (χ1n) is 3.44. The lowest BCUT2D eigenvalue weighted by Crippen LogP contribution is -2.01. The predicted octanol–water partition coefficient (Wildman–Crippen LogP) is 0.768. The second-order valence-corrected chi connectivity index (χ2v) is 2.38. The molecular weight excluding hydrogens is 174 g/mol. The minimum absolute atomic E-state index is 0.00463. The maximum atomic E-state index is 10.5. The fourth-order valence-corrected chi connectivity index (χ4v) is 0.962. The van der Waals surface area contributed by atoms with E-state index in [1.807, 2.05) is 0 Å². The molecule has 0 amide bonds. The Morgan fingerprint density at radius 2 is 2.08 bits per heavy atom. The summed E-state index contributed by atoms with van der Waals surface area (Å²) >= 11 is 0. The summed E-state index contributed by atoms with van der Waals surface area (Å²) in [6.07, 6.45) is 0. The van der Waals surface area contributed by atoms with Crippen LogP contribution in [0.4, 0.5) is 17.1 Å². The van der Waals surface area contributed by atoms with Gasteiger partial charge >= 0.3 is 5.69 Å². The number of methoxy groups -OCH3 is 1. The Hall–Kier alpha value is -1.98. The molecule has 4 N–H and O–H groups in total. The van der Waals surface area contributed by atoms with Crippen LogP contribution >= 0.6 is 0 Å². The van der Waals surface area contributed by atoms with Crippen LogP contribution in [0.15, 0.2) is 12.1 Å². The molecule has 6 nitrogen and oxygen atoms in total. The number of rotatable bonds is 2. The van der Waals surface area contributed by atoms with E-state index in [-0.39, 0.29) is 22.8 Å². The summed E-state index contributed by atoms with van der Waals surface area (Å²) in [6.45, 7) is 0. The highest BCUT2D eigenvalue weighted by molar-refractivity contribution is 5.76. The Bertz CT molecular complexity index is 351. The second-order valence-electron chi connectivity index (χ2n) is 2.38. The highest BCUT2D eigenvalue weighted by Gasteiger charge is 2.18. The minimum atomic E-state index is -0.575. The number of nitro groups is 1. The number of ether oxygens (including phenoxy) is 1. The monoisotopic (exact) mass is 183 g/mol. The summed E-state index contributed by atoms with van der Waals surface area (Å²) < 4.78 is 4.77. The van der Waals surface area contributed by atoms with E-state index < -0.39 is 4.92 Å². The van der Waals surface area contributed by atoms with Gasteiger partial charge in [0.15, 0.2) is 0 Å². The van der Waals surface area contributed by atoms with Crippen LogP contribution in [-0.4, -0.2) is 12.0 Å². The lowest BCUT2D eigenvalue weighted by molar-refractivity contribution is -0.385. The number of benzene rings is 1. The molecule has 0 unspecified atom stereocenters. The second kappa shape index (κ2) is 3.18. The van der Waals surface area contributed by atoms with Gasteiger partial charge < -0.3 is 16.2 Å². The lowest BCUT2D eigenvalue weighted by Gasteiger charge is -2.06. The van der Waals surface area contributed by atoms with Crippen molar-refractivity contribution in [2.45, 2.75) is 0 Å². The van der Waals surface area contributed by atoms with E-state index in [4.69, 9.17) is 16.2 Å². The smallest absolute Gasteiger partial charge is 0.313 e. The molecule has 0 atom stereocenters. The number of nitrogens with zero attached hydrogens (tertiary/aromatic N) is 1. The zero-order valence-electron chi connectivity index (χ0n) is 6.98. The zero-order valence-corrected chi connectivity index (χ0v) is 6.98. The molecule has 1 aromatic rings. The third-order valence-electron chi connectivity index (χ3n) is 1.61. The van der Waals surface area contributed by atoms with E-state index in [9.17, 15) is 10.1 Å². The quantitative estimate of drug-likeness (QED) is 0.400. The molecule has 0 aliphatic carbocycles. The third kappa shape index (κ3) is 1.46. The van der Waals surface area contributed by atoms with Crippen LogP contribution in [-0.2, 0) is 0 Å². The van der Waals surface area contributed by atoms with Crippen molar-refractivity contribution >= 4 is 17.1 Å². The molecule has 0 fully saturated rings. The van der Waals surface area contributed by atoms with Crippen LogP contribution in [0.3, 0.4) is 0 Å². The topological polar surface area (TPSA) is 104 Å². The van der Waals surface area contributed by atoms with Crippen molar-refractivity contribution in [2.75, 3.05) is 18.6 Å². The average molecular weight is 183 g/mol. The summed E-state index contributed by atoms with van der Waals surface area (Å²) in [6, 6.07) is 2.63. The Morgan fingerprint density at radius 3 is 2.54 bits per heavy atom. The van der Waals surface area contributed by atoms with Crippen molar-refractivity contribution in [2.24, 2.45) is 0 Å². The first kappa shape index (κ1) is 9.11. The lowest BCUT2D eigenvalue weighted by atomic mass is 10.2. The molecule has 0 spiro atoms. The highest BCUT2D eigenvalue weighted by Crippen LogP contribution is 2.36. The summed E-state index contributed by atoms with van der Waals surface area (Å²) in [4.78, 5) is 9.90. The number of nitro benzene ring substituents is 1. The van der Waals surface area contributed by atoms with Gasteiger partial charge in [0.1, 0.15) is 5.69 Å². The molecule has 0 aliphatic rings. The number of hydrogen-bond acceptors (Lipinski definition) is 5. The standard InChI is InChI=1S/C7H9N3O3/c1-13-7-5(10(11)12)3-2-4(8)6(7)9/h2-3H,8-9H2,1H3. The fourth-order valence-electron chi connectivity index (χ4n) is 0.962. The fraction of sp³-hybridized carbons (Fsp3) is 0.143. The maximum Gasteiger partial charge on any atom is 0.313 e. The zero-order chi connectivity index (χ0) is 10.0. The maximum absolute atomic E-state index is 10.5. The van der Waals surface area contributed by atoms with Crippen LogP contribution in [0.2, 0.25) is 0 Å². The number of hydrogen-bond donors (Lipinski definition) is 2. The number of nitrogen functional groups attached to an aromatic ring is 2.